The zero-order chi connectivity index (χ0) is 25.5. The molecule has 3 heterocycles. The monoisotopic (exact) mass is 486 g/mol. The molecule has 35 heavy (non-hydrogen) atoms. The Hall–Kier alpha value is -2.75. The van der Waals surface area contributed by atoms with E-state index >= 15 is 0 Å². The Morgan fingerprint density at radius 2 is 1.94 bits per heavy atom. The fourth-order valence-corrected chi connectivity index (χ4v) is 4.54. The first-order chi connectivity index (χ1) is 16.3. The van der Waals surface area contributed by atoms with Gasteiger partial charge in [0.1, 0.15) is 17.8 Å². The van der Waals surface area contributed by atoms with Crippen molar-refractivity contribution in [1.29, 1.82) is 0 Å². The van der Waals surface area contributed by atoms with Gasteiger partial charge in [-0.1, -0.05) is 51.9 Å². The van der Waals surface area contributed by atoms with Crippen LogP contribution < -0.4 is 5.32 Å². The highest BCUT2D eigenvalue weighted by atomic mass is 16.5. The molecule has 2 aliphatic rings. The van der Waals surface area contributed by atoms with Crippen LogP contribution in [0.15, 0.2) is 16.8 Å². The number of carbonyl (C=O) groups excluding carboxylic acids is 2. The molecule has 4 rings (SSSR count). The summed E-state index contributed by atoms with van der Waals surface area (Å²) in [5.41, 5.74) is 1.07. The molecule has 3 atom stereocenters. The van der Waals surface area contributed by atoms with Crippen molar-refractivity contribution < 1.29 is 19.2 Å². The number of hydrogen-bond acceptors (Lipinski definition) is 7. The molecule has 10 heteroatoms. The van der Waals surface area contributed by atoms with Crippen LogP contribution in [0.25, 0.3) is 0 Å². The standard InChI is InChI=1S/C25H38N6O4/c1-24(2,3)20-11-16(28-35-20)9-10-26-22(33)19-12-17(32)13-30(19)23(34)21(25(4,5)6)31-14-18(27-29-31)15-7-8-15/h11,14-15,17,19,21,32H,7-10,12-13H2,1-6H3,(H,26,33)/t17-,19+,21-/m1/s1. The zero-order valence-corrected chi connectivity index (χ0v) is 21.6. The van der Waals surface area contributed by atoms with E-state index in [4.69, 9.17) is 4.52 Å². The van der Waals surface area contributed by atoms with Gasteiger partial charge in [-0.25, -0.2) is 4.68 Å². The number of likely N-dealkylation sites (tertiary alicyclic amines) is 1. The minimum absolute atomic E-state index is 0.117. The highest BCUT2D eigenvalue weighted by molar-refractivity contribution is 5.90. The average molecular weight is 487 g/mol. The van der Waals surface area contributed by atoms with E-state index in [1.54, 1.807) is 4.68 Å². The summed E-state index contributed by atoms with van der Waals surface area (Å²) in [6.45, 7) is 12.5. The molecule has 2 aromatic heterocycles. The molecule has 2 fully saturated rings. The summed E-state index contributed by atoms with van der Waals surface area (Å²) >= 11 is 0. The quantitative estimate of drug-likeness (QED) is 0.615. The lowest BCUT2D eigenvalue weighted by Crippen LogP contribution is -2.50. The van der Waals surface area contributed by atoms with E-state index in [2.05, 4.69) is 20.8 Å². The van der Waals surface area contributed by atoms with E-state index in [0.717, 1.165) is 30.0 Å². The number of hydrogen-bond donors (Lipinski definition) is 2. The number of β-amino-alcohol motifs (C(OH)–C–C–N with tert-alkyl or cyclic N) is 1. The van der Waals surface area contributed by atoms with Gasteiger partial charge in [0.2, 0.25) is 11.8 Å². The number of rotatable bonds is 7. The molecular formula is C25H38N6O4. The second-order valence-corrected chi connectivity index (χ2v) is 12.0. The summed E-state index contributed by atoms with van der Waals surface area (Å²) in [5, 5.41) is 25.9. The molecular weight excluding hydrogens is 448 g/mol. The van der Waals surface area contributed by atoms with Crippen molar-refractivity contribution in [3.63, 3.8) is 0 Å². The van der Waals surface area contributed by atoms with Crippen LogP contribution in [0.5, 0.6) is 0 Å². The third kappa shape index (κ3) is 5.74. The molecule has 1 aliphatic carbocycles. The fraction of sp³-hybridized carbons (Fsp3) is 0.720. The lowest BCUT2D eigenvalue weighted by Gasteiger charge is -2.34. The van der Waals surface area contributed by atoms with Crippen LogP contribution >= 0.6 is 0 Å². The normalized spacial score (nSPS) is 21.9. The van der Waals surface area contributed by atoms with Gasteiger partial charge in [0.05, 0.1) is 17.5 Å². The van der Waals surface area contributed by atoms with Gasteiger partial charge in [-0.15, -0.1) is 5.10 Å². The van der Waals surface area contributed by atoms with Crippen molar-refractivity contribution in [2.45, 2.75) is 96.7 Å². The molecule has 192 valence electrons. The molecule has 2 amide bonds. The van der Waals surface area contributed by atoms with Crippen LogP contribution in [0.1, 0.15) is 89.9 Å². The molecule has 1 saturated carbocycles. The van der Waals surface area contributed by atoms with E-state index in [-0.39, 0.29) is 30.2 Å². The van der Waals surface area contributed by atoms with Gasteiger partial charge in [0, 0.05) is 49.5 Å². The maximum atomic E-state index is 13.8. The number of aliphatic hydroxyl groups excluding tert-OH is 1. The first-order valence-electron chi connectivity index (χ1n) is 12.5. The summed E-state index contributed by atoms with van der Waals surface area (Å²) in [5.74, 6) is 0.712. The molecule has 10 nitrogen and oxygen atoms in total. The molecule has 0 bridgehead atoms. The minimum Gasteiger partial charge on any atom is -0.391 e. The largest absolute Gasteiger partial charge is 0.391 e. The third-order valence-electron chi connectivity index (χ3n) is 6.69. The Kier molecular flexibility index (Phi) is 6.78. The molecule has 2 N–H and O–H groups in total. The molecule has 0 unspecified atom stereocenters. The highest BCUT2D eigenvalue weighted by Gasteiger charge is 2.45. The molecule has 0 spiro atoms. The summed E-state index contributed by atoms with van der Waals surface area (Å²) < 4.78 is 7.04. The Bertz CT molecular complexity index is 1060. The van der Waals surface area contributed by atoms with Crippen molar-refractivity contribution in [1.82, 2.24) is 30.4 Å². The van der Waals surface area contributed by atoms with Crippen LogP contribution in [-0.4, -0.2) is 67.2 Å². The van der Waals surface area contributed by atoms with Gasteiger partial charge in [0.15, 0.2) is 0 Å². The van der Waals surface area contributed by atoms with Crippen LogP contribution in [-0.2, 0) is 21.4 Å². The molecule has 1 saturated heterocycles. The van der Waals surface area contributed by atoms with Crippen molar-refractivity contribution in [3.05, 3.63) is 29.4 Å². The van der Waals surface area contributed by atoms with E-state index in [9.17, 15) is 14.7 Å². The zero-order valence-electron chi connectivity index (χ0n) is 21.6. The first kappa shape index (κ1) is 25.3. The van der Waals surface area contributed by atoms with Gasteiger partial charge in [-0.05, 0) is 18.3 Å². The van der Waals surface area contributed by atoms with Gasteiger partial charge in [0.25, 0.3) is 0 Å². The molecule has 2 aromatic rings. The minimum atomic E-state index is -0.752. The summed E-state index contributed by atoms with van der Waals surface area (Å²) in [6, 6.07) is 0.536. The van der Waals surface area contributed by atoms with Crippen molar-refractivity contribution in [2.75, 3.05) is 13.1 Å². The van der Waals surface area contributed by atoms with Crippen LogP contribution in [0.4, 0.5) is 0 Å². The van der Waals surface area contributed by atoms with Gasteiger partial charge in [-0.2, -0.15) is 0 Å². The van der Waals surface area contributed by atoms with Crippen LogP contribution in [0, 0.1) is 5.41 Å². The van der Waals surface area contributed by atoms with E-state index in [1.165, 1.54) is 4.90 Å². The second-order valence-electron chi connectivity index (χ2n) is 12.0. The van der Waals surface area contributed by atoms with Gasteiger partial charge >= 0.3 is 0 Å². The Labute approximate surface area is 206 Å². The number of carbonyl (C=O) groups is 2. The summed E-state index contributed by atoms with van der Waals surface area (Å²) in [6.07, 6.45) is 4.02. The Morgan fingerprint density at radius 1 is 1.23 bits per heavy atom. The Morgan fingerprint density at radius 3 is 2.54 bits per heavy atom. The van der Waals surface area contributed by atoms with Crippen LogP contribution in [0.3, 0.4) is 0 Å². The van der Waals surface area contributed by atoms with E-state index in [0.29, 0.717) is 18.9 Å². The highest BCUT2D eigenvalue weighted by Crippen LogP contribution is 2.40. The smallest absolute Gasteiger partial charge is 0.248 e. The van der Waals surface area contributed by atoms with Gasteiger partial charge in [-0.3, -0.25) is 9.59 Å². The predicted octanol–water partition coefficient (Wildman–Crippen LogP) is 2.35. The molecule has 0 radical (unpaired) electrons. The fourth-order valence-electron chi connectivity index (χ4n) is 4.54. The first-order valence-corrected chi connectivity index (χ1v) is 12.5. The topological polar surface area (TPSA) is 126 Å². The van der Waals surface area contributed by atoms with Gasteiger partial charge < -0.3 is 19.8 Å². The second kappa shape index (κ2) is 9.37. The predicted molar refractivity (Wildman–Crippen MR) is 129 cm³/mol. The maximum Gasteiger partial charge on any atom is 0.248 e. The van der Waals surface area contributed by atoms with E-state index < -0.39 is 23.6 Å². The number of nitrogens with zero attached hydrogens (tertiary/aromatic N) is 5. The van der Waals surface area contributed by atoms with Crippen molar-refractivity contribution in [3.8, 4) is 0 Å². The lowest BCUT2D eigenvalue weighted by atomic mass is 9.85. The van der Waals surface area contributed by atoms with E-state index in [1.807, 2.05) is 53.8 Å². The summed E-state index contributed by atoms with van der Waals surface area (Å²) in [7, 11) is 0. The number of nitrogens with one attached hydrogen (secondary N) is 1. The third-order valence-corrected chi connectivity index (χ3v) is 6.69. The van der Waals surface area contributed by atoms with Crippen molar-refractivity contribution >= 4 is 11.8 Å². The number of aliphatic hydroxyl groups is 1. The van der Waals surface area contributed by atoms with Crippen molar-refractivity contribution in [2.24, 2.45) is 5.41 Å². The molecule has 1 aliphatic heterocycles. The maximum absolute atomic E-state index is 13.8. The SMILES string of the molecule is CC(C)(C)c1cc(CCNC(=O)[C@@H]2C[C@@H](O)CN2C(=O)[C@@H](n2cc(C3CC3)nn2)C(C)(C)C)no1. The van der Waals surface area contributed by atoms with Crippen LogP contribution in [0.2, 0.25) is 0 Å². The Balaban J connectivity index is 1.43. The lowest BCUT2D eigenvalue weighted by molar-refractivity contribution is -0.144. The average Bonchev–Trinajstić information content (AvgIpc) is 3.12. The number of aromatic nitrogens is 4. The number of amides is 2. The molecule has 0 aromatic carbocycles. The summed E-state index contributed by atoms with van der Waals surface area (Å²) in [4.78, 5) is 28.3.